The van der Waals surface area contributed by atoms with Crippen molar-refractivity contribution >= 4 is 34.2 Å². The molecule has 4 nitrogen and oxygen atoms in total. The normalized spacial score (nSPS) is 17.0. The lowest BCUT2D eigenvalue weighted by Crippen LogP contribution is -2.38. The van der Waals surface area contributed by atoms with Crippen LogP contribution in [0.5, 0.6) is 0 Å². The van der Waals surface area contributed by atoms with Gasteiger partial charge in [0.15, 0.2) is 0 Å². The number of halogens is 1. The first-order chi connectivity index (χ1) is 9.65. The molecule has 0 radical (unpaired) electrons. The summed E-state index contributed by atoms with van der Waals surface area (Å²) in [6, 6.07) is 8.08. The van der Waals surface area contributed by atoms with Gasteiger partial charge in [0.05, 0.1) is 12.3 Å². The van der Waals surface area contributed by atoms with Crippen molar-refractivity contribution in [3.8, 4) is 0 Å². The molecule has 0 bridgehead atoms. The zero-order chi connectivity index (χ0) is 14.4. The largest absolute Gasteiger partial charge is 0.294 e. The number of hydrogen-bond donors (Lipinski definition) is 1. The van der Waals surface area contributed by atoms with Gasteiger partial charge >= 0.3 is 0 Å². The number of rotatable bonds is 4. The maximum absolute atomic E-state index is 11.9. The van der Waals surface area contributed by atoms with Crippen molar-refractivity contribution in [1.82, 2.24) is 10.3 Å². The van der Waals surface area contributed by atoms with Crippen molar-refractivity contribution in [3.05, 3.63) is 33.4 Å². The van der Waals surface area contributed by atoms with Crippen LogP contribution in [-0.2, 0) is 4.79 Å². The van der Waals surface area contributed by atoms with E-state index >= 15 is 0 Å². The molecule has 0 spiro atoms. The van der Waals surface area contributed by atoms with Gasteiger partial charge in [0, 0.05) is 3.57 Å². The summed E-state index contributed by atoms with van der Waals surface area (Å²) < 4.78 is 1.16. The summed E-state index contributed by atoms with van der Waals surface area (Å²) in [5.41, 5.74) is 4.52. The van der Waals surface area contributed by atoms with Crippen LogP contribution in [0.25, 0.3) is 0 Å². The van der Waals surface area contributed by atoms with Crippen LogP contribution in [0.1, 0.15) is 31.7 Å². The zero-order valence-electron chi connectivity index (χ0n) is 11.7. The molecular weight excluding hydrogens is 365 g/mol. The van der Waals surface area contributed by atoms with E-state index in [-0.39, 0.29) is 5.91 Å². The van der Waals surface area contributed by atoms with Crippen LogP contribution in [-0.4, -0.2) is 36.2 Å². The third-order valence-corrected chi connectivity index (χ3v) is 4.08. The molecule has 1 aromatic rings. The van der Waals surface area contributed by atoms with E-state index in [0.717, 1.165) is 27.9 Å². The molecule has 1 heterocycles. The quantitative estimate of drug-likeness (QED) is 0.492. The number of benzene rings is 1. The van der Waals surface area contributed by atoms with Crippen LogP contribution in [0.2, 0.25) is 0 Å². The molecule has 0 atom stereocenters. The molecule has 0 saturated carbocycles. The number of amides is 1. The van der Waals surface area contributed by atoms with Crippen molar-refractivity contribution in [3.63, 3.8) is 0 Å². The number of likely N-dealkylation sites (tertiary alicyclic amines) is 1. The fraction of sp³-hybridized carbons (Fsp3) is 0.467. The third-order valence-electron chi connectivity index (χ3n) is 3.41. The summed E-state index contributed by atoms with van der Waals surface area (Å²) in [7, 11) is 0. The number of hydrogen-bond acceptors (Lipinski definition) is 3. The average Bonchev–Trinajstić information content (AvgIpc) is 2.46. The molecule has 1 saturated heterocycles. The van der Waals surface area contributed by atoms with Crippen LogP contribution < -0.4 is 5.43 Å². The predicted octanol–water partition coefficient (Wildman–Crippen LogP) is 2.62. The average molecular weight is 385 g/mol. The summed E-state index contributed by atoms with van der Waals surface area (Å²) in [4.78, 5) is 14.0. The molecule has 2 rings (SSSR count). The fourth-order valence-corrected chi connectivity index (χ4v) is 2.82. The summed E-state index contributed by atoms with van der Waals surface area (Å²) in [6.07, 6.45) is 3.66. The smallest absolute Gasteiger partial charge is 0.254 e. The first kappa shape index (κ1) is 15.4. The number of piperidine rings is 1. The standard InChI is InChI=1S/C15H20IN3O/c1-12(13-6-5-7-14(16)10-13)17-18-15(20)11-19-8-3-2-4-9-19/h5-7,10H,2-4,8-9,11H2,1H3,(H,18,20)/b17-12-. The van der Waals surface area contributed by atoms with Gasteiger partial charge in [0.25, 0.3) is 5.91 Å². The maximum Gasteiger partial charge on any atom is 0.254 e. The van der Waals surface area contributed by atoms with Gasteiger partial charge in [-0.05, 0) is 73.1 Å². The molecule has 0 unspecified atom stereocenters. The highest BCUT2D eigenvalue weighted by Gasteiger charge is 2.13. The Balaban J connectivity index is 1.86. The Kier molecular flexibility index (Phi) is 5.97. The lowest BCUT2D eigenvalue weighted by Gasteiger charge is -2.25. The molecule has 0 aliphatic carbocycles. The predicted molar refractivity (Wildman–Crippen MR) is 89.8 cm³/mol. The van der Waals surface area contributed by atoms with Crippen molar-refractivity contribution < 1.29 is 4.79 Å². The van der Waals surface area contributed by atoms with Gasteiger partial charge < -0.3 is 0 Å². The van der Waals surface area contributed by atoms with Crippen LogP contribution in [0.4, 0.5) is 0 Å². The molecule has 1 fully saturated rings. The molecule has 1 amide bonds. The molecule has 20 heavy (non-hydrogen) atoms. The van der Waals surface area contributed by atoms with Gasteiger partial charge in [-0.3, -0.25) is 9.69 Å². The highest BCUT2D eigenvalue weighted by atomic mass is 127. The highest BCUT2D eigenvalue weighted by molar-refractivity contribution is 14.1. The Morgan fingerprint density at radius 1 is 1.35 bits per heavy atom. The second-order valence-corrected chi connectivity index (χ2v) is 6.32. The maximum atomic E-state index is 11.9. The number of nitrogens with zero attached hydrogens (tertiary/aromatic N) is 2. The monoisotopic (exact) mass is 385 g/mol. The Morgan fingerprint density at radius 3 is 2.80 bits per heavy atom. The minimum atomic E-state index is -0.0307. The Bertz CT molecular complexity index is 496. The van der Waals surface area contributed by atoms with E-state index in [1.807, 2.05) is 25.1 Å². The lowest BCUT2D eigenvalue weighted by molar-refractivity contribution is -0.122. The van der Waals surface area contributed by atoms with E-state index in [0.29, 0.717) is 6.54 Å². The molecular formula is C15H20IN3O. The van der Waals surface area contributed by atoms with Crippen molar-refractivity contribution in [2.45, 2.75) is 26.2 Å². The van der Waals surface area contributed by atoms with E-state index in [9.17, 15) is 4.79 Å². The van der Waals surface area contributed by atoms with E-state index in [1.165, 1.54) is 19.3 Å². The summed E-state index contributed by atoms with van der Waals surface area (Å²) in [5.74, 6) is -0.0307. The molecule has 5 heteroatoms. The summed E-state index contributed by atoms with van der Waals surface area (Å²) in [5, 5.41) is 4.19. The van der Waals surface area contributed by atoms with Crippen molar-refractivity contribution in [2.75, 3.05) is 19.6 Å². The zero-order valence-corrected chi connectivity index (χ0v) is 13.9. The lowest BCUT2D eigenvalue weighted by atomic mass is 10.1. The molecule has 1 aliphatic heterocycles. The molecule has 1 N–H and O–H groups in total. The third kappa shape index (κ3) is 4.86. The van der Waals surface area contributed by atoms with Crippen LogP contribution in [0, 0.1) is 3.57 Å². The molecule has 0 aromatic heterocycles. The molecule has 1 aromatic carbocycles. The van der Waals surface area contributed by atoms with Gasteiger partial charge in [-0.1, -0.05) is 18.6 Å². The highest BCUT2D eigenvalue weighted by Crippen LogP contribution is 2.09. The molecule has 1 aliphatic rings. The Hall–Kier alpha value is -0.950. The second kappa shape index (κ2) is 7.73. The van der Waals surface area contributed by atoms with E-state index < -0.39 is 0 Å². The number of hydrazone groups is 1. The number of nitrogens with one attached hydrogen (secondary N) is 1. The Labute approximate surface area is 133 Å². The minimum Gasteiger partial charge on any atom is -0.294 e. The Morgan fingerprint density at radius 2 is 2.10 bits per heavy atom. The van der Waals surface area contributed by atoms with Crippen LogP contribution in [0.3, 0.4) is 0 Å². The van der Waals surface area contributed by atoms with Crippen LogP contribution >= 0.6 is 22.6 Å². The SMILES string of the molecule is C/C(=N/NC(=O)CN1CCCCC1)c1cccc(I)c1. The minimum absolute atomic E-state index is 0.0307. The van der Waals surface area contributed by atoms with E-state index in [2.05, 4.69) is 44.1 Å². The van der Waals surface area contributed by atoms with Gasteiger partial charge in [-0.15, -0.1) is 0 Å². The van der Waals surface area contributed by atoms with Gasteiger partial charge in [-0.25, -0.2) is 5.43 Å². The van der Waals surface area contributed by atoms with Gasteiger partial charge in [0.1, 0.15) is 0 Å². The van der Waals surface area contributed by atoms with Gasteiger partial charge in [-0.2, -0.15) is 5.10 Å². The summed E-state index contributed by atoms with van der Waals surface area (Å²) in [6.45, 7) is 4.40. The van der Waals surface area contributed by atoms with Crippen LogP contribution in [0.15, 0.2) is 29.4 Å². The summed E-state index contributed by atoms with van der Waals surface area (Å²) >= 11 is 2.27. The topological polar surface area (TPSA) is 44.7 Å². The second-order valence-electron chi connectivity index (χ2n) is 5.08. The van der Waals surface area contributed by atoms with Crippen molar-refractivity contribution in [2.24, 2.45) is 5.10 Å². The molecule has 108 valence electrons. The number of carbonyl (C=O) groups excluding carboxylic acids is 1. The number of carbonyl (C=O) groups is 1. The fourth-order valence-electron chi connectivity index (χ4n) is 2.28. The first-order valence-electron chi connectivity index (χ1n) is 6.96. The first-order valence-corrected chi connectivity index (χ1v) is 8.04. The van der Waals surface area contributed by atoms with E-state index in [4.69, 9.17) is 0 Å². The van der Waals surface area contributed by atoms with Gasteiger partial charge in [0.2, 0.25) is 0 Å². The van der Waals surface area contributed by atoms with Crippen molar-refractivity contribution in [1.29, 1.82) is 0 Å². The van der Waals surface area contributed by atoms with E-state index in [1.54, 1.807) is 0 Å².